The molecule has 0 spiro atoms. The van der Waals surface area contributed by atoms with Crippen LogP contribution in [-0.2, 0) is 14.3 Å². The van der Waals surface area contributed by atoms with E-state index in [0.717, 1.165) is 0 Å². The molecule has 17 heavy (non-hydrogen) atoms. The Morgan fingerprint density at radius 2 is 1.41 bits per heavy atom. The lowest BCUT2D eigenvalue weighted by atomic mass is 10.2. The van der Waals surface area contributed by atoms with Gasteiger partial charge in [0.1, 0.15) is 5.60 Å². The van der Waals surface area contributed by atoms with Gasteiger partial charge in [-0.15, -0.1) is 0 Å². The average molecular weight is 247 g/mol. The van der Waals surface area contributed by atoms with Gasteiger partial charge in [0, 0.05) is 12.8 Å². The second-order valence-electron chi connectivity index (χ2n) is 3.91. The Hall–Kier alpha value is -1.06. The molecule has 0 aromatic heterocycles. The average Bonchev–Trinajstić information content (AvgIpc) is 2.20. The van der Waals surface area contributed by atoms with Gasteiger partial charge in [0.05, 0.1) is 0 Å². The maximum atomic E-state index is 11.1. The molecule has 0 aliphatic carbocycles. The van der Waals surface area contributed by atoms with Gasteiger partial charge in [0.15, 0.2) is 0 Å². The van der Waals surface area contributed by atoms with Crippen LogP contribution >= 0.6 is 0 Å². The van der Waals surface area contributed by atoms with Crippen LogP contribution in [0.4, 0.5) is 0 Å². The highest BCUT2D eigenvalue weighted by Crippen LogP contribution is 2.09. The van der Waals surface area contributed by atoms with E-state index in [0.29, 0.717) is 6.42 Å². The number of esters is 1. The Balaban J connectivity index is -0.000000439. The summed E-state index contributed by atoms with van der Waals surface area (Å²) in [7, 11) is 0. The van der Waals surface area contributed by atoms with Crippen LogP contribution in [0.25, 0.3) is 0 Å². The molecule has 0 heterocycles. The number of nitrogens with two attached hydrogens (primary N) is 1. The number of carbonyl (C=O) groups is 2. The summed E-state index contributed by atoms with van der Waals surface area (Å²) in [5, 5.41) is 0. The fourth-order valence-electron chi connectivity index (χ4n) is 0.799. The van der Waals surface area contributed by atoms with Gasteiger partial charge in [-0.3, -0.25) is 9.59 Å². The Morgan fingerprint density at radius 1 is 1.00 bits per heavy atom. The van der Waals surface area contributed by atoms with Crippen LogP contribution in [0.1, 0.15) is 67.7 Å². The predicted molar refractivity (Wildman–Crippen MR) is 71.6 cm³/mol. The standard InChI is InChI=1S/C9H17NO3.2C2H6/c1-9(2,3)13-8(12)6-4-5-7(10)11;2*1-2/h4-6H2,1-3H3,(H2,10,11);2*1-2H3. The highest BCUT2D eigenvalue weighted by atomic mass is 16.6. The zero-order chi connectivity index (χ0) is 14.5. The van der Waals surface area contributed by atoms with Crippen LogP contribution in [0.2, 0.25) is 0 Å². The molecule has 0 saturated heterocycles. The van der Waals surface area contributed by atoms with E-state index in [1.54, 1.807) is 20.8 Å². The van der Waals surface area contributed by atoms with E-state index in [9.17, 15) is 9.59 Å². The molecular formula is C13H29NO3. The molecule has 1 amide bonds. The maximum absolute atomic E-state index is 11.1. The van der Waals surface area contributed by atoms with Gasteiger partial charge in [-0.05, 0) is 27.2 Å². The van der Waals surface area contributed by atoms with E-state index in [4.69, 9.17) is 10.5 Å². The molecule has 2 N–H and O–H groups in total. The summed E-state index contributed by atoms with van der Waals surface area (Å²) in [6, 6.07) is 0. The smallest absolute Gasteiger partial charge is 0.306 e. The molecule has 4 heteroatoms. The maximum Gasteiger partial charge on any atom is 0.306 e. The molecule has 0 unspecified atom stereocenters. The molecular weight excluding hydrogens is 218 g/mol. The topological polar surface area (TPSA) is 69.4 Å². The van der Waals surface area contributed by atoms with Crippen molar-refractivity contribution in [1.29, 1.82) is 0 Å². The van der Waals surface area contributed by atoms with Crippen molar-refractivity contribution in [2.45, 2.75) is 73.3 Å². The SMILES string of the molecule is CC.CC.CC(C)(C)OC(=O)CCCC(N)=O. The number of rotatable bonds is 4. The number of amides is 1. The van der Waals surface area contributed by atoms with Crippen molar-refractivity contribution in [2.24, 2.45) is 5.73 Å². The predicted octanol–water partition coefficient (Wildman–Crippen LogP) is 3.04. The monoisotopic (exact) mass is 247 g/mol. The van der Waals surface area contributed by atoms with Gasteiger partial charge in [-0.25, -0.2) is 0 Å². The quantitative estimate of drug-likeness (QED) is 0.776. The normalized spacial score (nSPS) is 9.12. The van der Waals surface area contributed by atoms with Crippen molar-refractivity contribution in [3.8, 4) is 0 Å². The number of hydrogen-bond donors (Lipinski definition) is 1. The molecule has 0 bridgehead atoms. The second-order valence-corrected chi connectivity index (χ2v) is 3.91. The van der Waals surface area contributed by atoms with Crippen LogP contribution < -0.4 is 5.73 Å². The van der Waals surface area contributed by atoms with Crippen molar-refractivity contribution < 1.29 is 14.3 Å². The number of carbonyl (C=O) groups excluding carboxylic acids is 2. The highest BCUT2D eigenvalue weighted by molar-refractivity contribution is 5.75. The third-order valence-corrected chi connectivity index (χ3v) is 1.22. The van der Waals surface area contributed by atoms with Crippen LogP contribution in [0.5, 0.6) is 0 Å². The van der Waals surface area contributed by atoms with Crippen molar-refractivity contribution in [1.82, 2.24) is 0 Å². The molecule has 0 rings (SSSR count). The van der Waals surface area contributed by atoms with E-state index >= 15 is 0 Å². The minimum atomic E-state index is -0.455. The summed E-state index contributed by atoms with van der Waals surface area (Å²) in [6.07, 6.45) is 0.948. The minimum absolute atomic E-state index is 0.235. The lowest BCUT2D eigenvalue weighted by molar-refractivity contribution is -0.154. The molecule has 4 nitrogen and oxygen atoms in total. The Morgan fingerprint density at radius 3 is 1.71 bits per heavy atom. The first-order valence-corrected chi connectivity index (χ1v) is 6.31. The second kappa shape index (κ2) is 13.0. The van der Waals surface area contributed by atoms with E-state index < -0.39 is 5.60 Å². The minimum Gasteiger partial charge on any atom is -0.460 e. The molecule has 0 saturated carbocycles. The largest absolute Gasteiger partial charge is 0.460 e. The first-order valence-electron chi connectivity index (χ1n) is 6.31. The van der Waals surface area contributed by atoms with Crippen molar-refractivity contribution in [2.75, 3.05) is 0 Å². The molecule has 0 aromatic carbocycles. The lowest BCUT2D eigenvalue weighted by Gasteiger charge is -2.19. The Labute approximate surface area is 106 Å². The van der Waals surface area contributed by atoms with Gasteiger partial charge in [-0.1, -0.05) is 27.7 Å². The summed E-state index contributed by atoms with van der Waals surface area (Å²) >= 11 is 0. The summed E-state index contributed by atoms with van der Waals surface area (Å²) in [5.41, 5.74) is 4.46. The van der Waals surface area contributed by atoms with E-state index in [1.807, 2.05) is 27.7 Å². The van der Waals surface area contributed by atoms with Crippen LogP contribution in [0.15, 0.2) is 0 Å². The molecule has 0 aliphatic heterocycles. The molecule has 0 fully saturated rings. The fourth-order valence-corrected chi connectivity index (χ4v) is 0.799. The summed E-state index contributed by atoms with van der Waals surface area (Å²) in [6.45, 7) is 13.4. The molecule has 0 aromatic rings. The Kier molecular flexibility index (Phi) is 16.3. The first-order chi connectivity index (χ1) is 7.81. The van der Waals surface area contributed by atoms with Gasteiger partial charge >= 0.3 is 5.97 Å². The highest BCUT2D eigenvalue weighted by Gasteiger charge is 2.15. The molecule has 0 atom stereocenters. The van der Waals surface area contributed by atoms with Crippen LogP contribution in [-0.4, -0.2) is 17.5 Å². The van der Waals surface area contributed by atoms with Gasteiger partial charge in [0.2, 0.25) is 5.91 Å². The third kappa shape index (κ3) is 25.3. The van der Waals surface area contributed by atoms with Gasteiger partial charge in [0.25, 0.3) is 0 Å². The van der Waals surface area contributed by atoms with Crippen LogP contribution in [0, 0.1) is 0 Å². The van der Waals surface area contributed by atoms with Crippen molar-refractivity contribution >= 4 is 11.9 Å². The Bertz CT molecular complexity index is 195. The molecule has 0 radical (unpaired) electrons. The summed E-state index contributed by atoms with van der Waals surface area (Å²) < 4.78 is 5.03. The number of primary amides is 1. The van der Waals surface area contributed by atoms with E-state index in [2.05, 4.69) is 0 Å². The van der Waals surface area contributed by atoms with Crippen molar-refractivity contribution in [3.05, 3.63) is 0 Å². The summed E-state index contributed by atoms with van der Waals surface area (Å²) in [5.74, 6) is -0.669. The number of hydrogen-bond acceptors (Lipinski definition) is 3. The van der Waals surface area contributed by atoms with Gasteiger partial charge < -0.3 is 10.5 Å². The zero-order valence-electron chi connectivity index (χ0n) is 12.4. The number of ether oxygens (including phenoxy) is 1. The summed E-state index contributed by atoms with van der Waals surface area (Å²) in [4.78, 5) is 21.4. The van der Waals surface area contributed by atoms with Crippen LogP contribution in [0.3, 0.4) is 0 Å². The van der Waals surface area contributed by atoms with Gasteiger partial charge in [-0.2, -0.15) is 0 Å². The lowest BCUT2D eigenvalue weighted by Crippen LogP contribution is -2.24. The fraction of sp³-hybridized carbons (Fsp3) is 0.846. The first kappa shape index (κ1) is 21.2. The zero-order valence-corrected chi connectivity index (χ0v) is 12.4. The molecule has 104 valence electrons. The third-order valence-electron chi connectivity index (χ3n) is 1.22. The van der Waals surface area contributed by atoms with E-state index in [-0.39, 0.29) is 24.7 Å². The van der Waals surface area contributed by atoms with Crippen molar-refractivity contribution in [3.63, 3.8) is 0 Å². The van der Waals surface area contributed by atoms with E-state index in [1.165, 1.54) is 0 Å². The molecule has 0 aliphatic rings.